The zero-order valence-corrected chi connectivity index (χ0v) is 15.9. The Hall–Kier alpha value is -1.14. The van der Waals surface area contributed by atoms with E-state index in [0.717, 1.165) is 30.1 Å². The van der Waals surface area contributed by atoms with Crippen LogP contribution in [0.15, 0.2) is 0 Å². The molecule has 1 unspecified atom stereocenters. The molecular formula is C17H29N3O2S. The van der Waals surface area contributed by atoms with Gasteiger partial charge in [0.15, 0.2) is 0 Å². The smallest absolute Gasteiger partial charge is 0.410 e. The summed E-state index contributed by atoms with van der Waals surface area (Å²) in [6.07, 6.45) is 1.98. The van der Waals surface area contributed by atoms with E-state index in [-0.39, 0.29) is 12.1 Å². The highest BCUT2D eigenvalue weighted by Crippen LogP contribution is 2.28. The third-order valence-electron chi connectivity index (χ3n) is 3.75. The normalized spacial score (nSPS) is 16.3. The van der Waals surface area contributed by atoms with Crippen LogP contribution in [0.25, 0.3) is 0 Å². The van der Waals surface area contributed by atoms with E-state index in [2.05, 4.69) is 17.2 Å². The Morgan fingerprint density at radius 1 is 1.43 bits per heavy atom. The monoisotopic (exact) mass is 339 g/mol. The summed E-state index contributed by atoms with van der Waals surface area (Å²) >= 11 is 1.74. The average molecular weight is 340 g/mol. The number of hydrogen-bond donors (Lipinski definition) is 1. The van der Waals surface area contributed by atoms with Crippen molar-refractivity contribution in [1.82, 2.24) is 15.2 Å². The fraction of sp³-hybridized carbons (Fsp3) is 0.765. The molecule has 2 rings (SSSR count). The van der Waals surface area contributed by atoms with Crippen molar-refractivity contribution in [3.63, 3.8) is 0 Å². The lowest BCUT2D eigenvalue weighted by Gasteiger charge is -2.28. The maximum Gasteiger partial charge on any atom is 0.410 e. The van der Waals surface area contributed by atoms with Gasteiger partial charge < -0.3 is 15.0 Å². The molecule has 1 fully saturated rings. The number of nitrogens with one attached hydrogen (secondary N) is 1. The van der Waals surface area contributed by atoms with Crippen molar-refractivity contribution >= 4 is 17.4 Å². The van der Waals surface area contributed by atoms with Gasteiger partial charge in [-0.3, -0.25) is 0 Å². The molecule has 5 nitrogen and oxygen atoms in total. The van der Waals surface area contributed by atoms with Crippen LogP contribution in [-0.2, 0) is 4.74 Å². The van der Waals surface area contributed by atoms with Gasteiger partial charge in [-0.15, -0.1) is 11.3 Å². The summed E-state index contributed by atoms with van der Waals surface area (Å²) in [5.41, 5.74) is 0.654. The largest absolute Gasteiger partial charge is 0.444 e. The second-order valence-corrected chi connectivity index (χ2v) is 8.50. The van der Waals surface area contributed by atoms with E-state index in [1.165, 1.54) is 4.88 Å². The van der Waals surface area contributed by atoms with E-state index in [4.69, 9.17) is 4.74 Å². The van der Waals surface area contributed by atoms with Crippen LogP contribution in [0.2, 0.25) is 0 Å². The topological polar surface area (TPSA) is 54.5 Å². The maximum absolute atomic E-state index is 12.3. The molecule has 0 spiro atoms. The van der Waals surface area contributed by atoms with Crippen molar-refractivity contribution in [2.24, 2.45) is 0 Å². The molecule has 1 aromatic heterocycles. The van der Waals surface area contributed by atoms with Crippen LogP contribution in [0.3, 0.4) is 0 Å². The van der Waals surface area contributed by atoms with E-state index < -0.39 is 5.60 Å². The molecule has 0 aliphatic heterocycles. The zero-order chi connectivity index (χ0) is 17.2. The Morgan fingerprint density at radius 3 is 2.57 bits per heavy atom. The minimum Gasteiger partial charge on any atom is -0.444 e. The maximum atomic E-state index is 12.3. The van der Waals surface area contributed by atoms with Crippen molar-refractivity contribution in [3.05, 3.63) is 15.6 Å². The van der Waals surface area contributed by atoms with Gasteiger partial charge in [-0.05, 0) is 54.4 Å². The molecule has 1 aromatic rings. The molecule has 1 saturated carbocycles. The quantitative estimate of drug-likeness (QED) is 0.856. The number of aryl methyl sites for hydroxylation is 2. The first-order chi connectivity index (χ1) is 10.7. The molecule has 1 amide bonds. The van der Waals surface area contributed by atoms with Crippen molar-refractivity contribution in [3.8, 4) is 0 Å². The first-order valence-corrected chi connectivity index (χ1v) is 9.16. The fourth-order valence-corrected chi connectivity index (χ4v) is 3.53. The number of ether oxygens (including phenoxy) is 1. The Kier molecular flexibility index (Phi) is 5.68. The van der Waals surface area contributed by atoms with E-state index in [0.29, 0.717) is 12.6 Å². The van der Waals surface area contributed by atoms with Crippen LogP contribution in [-0.4, -0.2) is 40.7 Å². The zero-order valence-electron chi connectivity index (χ0n) is 15.1. The van der Waals surface area contributed by atoms with Crippen LogP contribution in [0.4, 0.5) is 4.79 Å². The predicted molar refractivity (Wildman–Crippen MR) is 94.0 cm³/mol. The Balaban J connectivity index is 1.85. The van der Waals surface area contributed by atoms with Crippen LogP contribution in [0.1, 0.15) is 62.2 Å². The van der Waals surface area contributed by atoms with Gasteiger partial charge in [0.05, 0.1) is 10.7 Å². The molecule has 1 heterocycles. The van der Waals surface area contributed by atoms with Gasteiger partial charge >= 0.3 is 6.09 Å². The SMILES string of the molecule is Cc1nc(C)c(C(C)NCCN(C(=O)OC(C)(C)C)C2CC2)s1. The van der Waals surface area contributed by atoms with Crippen molar-refractivity contribution in [1.29, 1.82) is 0 Å². The Morgan fingerprint density at radius 2 is 2.09 bits per heavy atom. The molecule has 0 saturated heterocycles. The van der Waals surface area contributed by atoms with E-state index in [9.17, 15) is 4.79 Å². The lowest BCUT2D eigenvalue weighted by Crippen LogP contribution is -2.42. The fourth-order valence-electron chi connectivity index (χ4n) is 2.57. The van der Waals surface area contributed by atoms with Gasteiger partial charge in [0.25, 0.3) is 0 Å². The number of aromatic nitrogens is 1. The molecule has 0 bridgehead atoms. The summed E-state index contributed by atoms with van der Waals surface area (Å²) < 4.78 is 5.52. The molecule has 1 atom stereocenters. The molecule has 6 heteroatoms. The first-order valence-electron chi connectivity index (χ1n) is 8.34. The number of thiazole rings is 1. The van der Waals surface area contributed by atoms with Gasteiger partial charge in [0, 0.05) is 30.1 Å². The number of nitrogens with zero attached hydrogens (tertiary/aromatic N) is 2. The van der Waals surface area contributed by atoms with Crippen molar-refractivity contribution < 1.29 is 9.53 Å². The predicted octanol–water partition coefficient (Wildman–Crippen LogP) is 3.81. The second kappa shape index (κ2) is 7.18. The molecule has 1 N–H and O–H groups in total. The number of amides is 1. The number of carbonyl (C=O) groups is 1. The van der Waals surface area contributed by atoms with Crippen LogP contribution in [0.5, 0.6) is 0 Å². The average Bonchev–Trinajstić information content (AvgIpc) is 3.17. The van der Waals surface area contributed by atoms with Gasteiger partial charge in [0.1, 0.15) is 5.60 Å². The molecular weight excluding hydrogens is 310 g/mol. The van der Waals surface area contributed by atoms with Gasteiger partial charge in [0.2, 0.25) is 0 Å². The molecule has 0 radical (unpaired) electrons. The standard InChI is InChI=1S/C17H29N3O2S/c1-11(15-12(2)19-13(3)23-15)18-9-10-20(14-7-8-14)16(21)22-17(4,5)6/h11,14,18H,7-10H2,1-6H3. The summed E-state index contributed by atoms with van der Waals surface area (Å²) in [6.45, 7) is 13.4. The third-order valence-corrected chi connectivity index (χ3v) is 5.01. The highest BCUT2D eigenvalue weighted by Gasteiger charge is 2.34. The van der Waals surface area contributed by atoms with E-state index in [1.54, 1.807) is 11.3 Å². The highest BCUT2D eigenvalue weighted by atomic mass is 32.1. The van der Waals surface area contributed by atoms with Crippen molar-refractivity contribution in [2.75, 3.05) is 13.1 Å². The minimum atomic E-state index is -0.442. The van der Waals surface area contributed by atoms with Crippen LogP contribution < -0.4 is 5.32 Å². The van der Waals surface area contributed by atoms with Crippen LogP contribution >= 0.6 is 11.3 Å². The summed E-state index contributed by atoms with van der Waals surface area (Å²) in [4.78, 5) is 19.9. The molecule has 23 heavy (non-hydrogen) atoms. The summed E-state index contributed by atoms with van der Waals surface area (Å²) in [5, 5.41) is 4.60. The van der Waals surface area contributed by atoms with E-state index in [1.807, 2.05) is 39.5 Å². The summed E-state index contributed by atoms with van der Waals surface area (Å²) in [5.74, 6) is 0. The van der Waals surface area contributed by atoms with Crippen molar-refractivity contribution in [2.45, 2.75) is 72.1 Å². The number of hydrogen-bond acceptors (Lipinski definition) is 5. The summed E-state index contributed by atoms with van der Waals surface area (Å²) in [6, 6.07) is 0.607. The molecule has 0 aromatic carbocycles. The molecule has 130 valence electrons. The van der Waals surface area contributed by atoms with Gasteiger partial charge in [-0.2, -0.15) is 0 Å². The molecule has 1 aliphatic rings. The Bertz CT molecular complexity index is 547. The van der Waals surface area contributed by atoms with Gasteiger partial charge in [-0.25, -0.2) is 9.78 Å². The lowest BCUT2D eigenvalue weighted by molar-refractivity contribution is 0.0235. The first kappa shape index (κ1) is 18.2. The minimum absolute atomic E-state index is 0.195. The van der Waals surface area contributed by atoms with Gasteiger partial charge in [-0.1, -0.05) is 0 Å². The number of rotatable bonds is 6. The van der Waals surface area contributed by atoms with E-state index >= 15 is 0 Å². The highest BCUT2D eigenvalue weighted by molar-refractivity contribution is 7.11. The third kappa shape index (κ3) is 5.46. The number of carbonyl (C=O) groups excluding carboxylic acids is 1. The molecule has 1 aliphatic carbocycles. The Labute approximate surface area is 143 Å². The second-order valence-electron chi connectivity index (χ2n) is 7.26. The lowest BCUT2D eigenvalue weighted by atomic mass is 10.2. The summed E-state index contributed by atoms with van der Waals surface area (Å²) in [7, 11) is 0. The van der Waals surface area contributed by atoms with Crippen LogP contribution in [0, 0.1) is 13.8 Å².